The van der Waals surface area contributed by atoms with E-state index in [2.05, 4.69) is 24.1 Å². The van der Waals surface area contributed by atoms with Crippen molar-refractivity contribution in [2.75, 3.05) is 29.9 Å². The summed E-state index contributed by atoms with van der Waals surface area (Å²) in [6, 6.07) is 11.3. The number of hydrogen-bond acceptors (Lipinski definition) is 5. The van der Waals surface area contributed by atoms with Gasteiger partial charge in [-0.2, -0.15) is 0 Å². The highest BCUT2D eigenvalue weighted by Gasteiger charge is 2.22. The van der Waals surface area contributed by atoms with Gasteiger partial charge in [-0.1, -0.05) is 6.07 Å². The van der Waals surface area contributed by atoms with Crippen molar-refractivity contribution < 1.29 is 14.6 Å². The molecular formula is C21H28N4O3. The topological polar surface area (TPSA) is 112 Å². The maximum absolute atomic E-state index is 11.9. The predicted octanol–water partition coefficient (Wildman–Crippen LogP) is 3.45. The Morgan fingerprint density at radius 1 is 1.18 bits per heavy atom. The van der Waals surface area contributed by atoms with Crippen molar-refractivity contribution in [2.24, 2.45) is 5.73 Å². The first-order chi connectivity index (χ1) is 13.4. The van der Waals surface area contributed by atoms with Gasteiger partial charge < -0.3 is 25.8 Å². The molecule has 150 valence electrons. The average molecular weight is 384 g/mol. The van der Waals surface area contributed by atoms with Crippen LogP contribution in [0.2, 0.25) is 0 Å². The maximum atomic E-state index is 11.9. The van der Waals surface area contributed by atoms with Gasteiger partial charge in [0.25, 0.3) is 0 Å². The minimum Gasteiger partial charge on any atom is -0.492 e. The summed E-state index contributed by atoms with van der Waals surface area (Å²) in [7, 11) is 0. The Hall–Kier alpha value is -3.22. The molecule has 0 aliphatic carbocycles. The molecule has 0 aliphatic heterocycles. The summed E-state index contributed by atoms with van der Waals surface area (Å²) in [5.41, 5.74) is 8.22. The van der Waals surface area contributed by atoms with E-state index in [-0.39, 0.29) is 5.84 Å². The number of benzene rings is 2. The second-order valence-electron chi connectivity index (χ2n) is 6.24. The molecule has 0 radical (unpaired) electrons. The number of carboxylic acids is 1. The molecule has 0 fully saturated rings. The zero-order valence-corrected chi connectivity index (χ0v) is 16.5. The van der Waals surface area contributed by atoms with Crippen LogP contribution in [0.5, 0.6) is 5.75 Å². The van der Waals surface area contributed by atoms with Crippen LogP contribution in [-0.4, -0.2) is 36.6 Å². The first-order valence-electron chi connectivity index (χ1n) is 9.36. The number of rotatable bonds is 10. The molecule has 0 aliphatic rings. The molecule has 0 saturated heterocycles. The van der Waals surface area contributed by atoms with Gasteiger partial charge in [0, 0.05) is 24.3 Å². The third-order valence-electron chi connectivity index (χ3n) is 4.48. The third-order valence-corrected chi connectivity index (χ3v) is 4.48. The van der Waals surface area contributed by atoms with E-state index in [1.807, 2.05) is 19.1 Å². The van der Waals surface area contributed by atoms with Crippen molar-refractivity contribution in [1.82, 2.24) is 0 Å². The third kappa shape index (κ3) is 4.94. The van der Waals surface area contributed by atoms with Crippen molar-refractivity contribution in [3.05, 3.63) is 53.6 Å². The molecule has 0 bridgehead atoms. The van der Waals surface area contributed by atoms with E-state index in [0.29, 0.717) is 29.2 Å². The second kappa shape index (κ2) is 9.64. The van der Waals surface area contributed by atoms with Crippen LogP contribution in [0.1, 0.15) is 37.9 Å². The lowest BCUT2D eigenvalue weighted by atomic mass is 10.0. The smallest absolute Gasteiger partial charge is 0.330 e. The summed E-state index contributed by atoms with van der Waals surface area (Å²) >= 11 is 0. The highest BCUT2D eigenvalue weighted by molar-refractivity contribution is 5.95. The van der Waals surface area contributed by atoms with Gasteiger partial charge in [0.05, 0.1) is 12.3 Å². The van der Waals surface area contributed by atoms with Gasteiger partial charge in [-0.25, -0.2) is 4.79 Å². The number of carbonyl (C=O) groups is 1. The fourth-order valence-electron chi connectivity index (χ4n) is 3.01. The quantitative estimate of drug-likeness (QED) is 0.369. The molecule has 7 heteroatoms. The Balaban J connectivity index is 2.35. The zero-order valence-electron chi connectivity index (χ0n) is 16.5. The van der Waals surface area contributed by atoms with Crippen LogP contribution >= 0.6 is 0 Å². The molecule has 1 atom stereocenters. The van der Waals surface area contributed by atoms with Crippen LogP contribution in [0, 0.1) is 5.41 Å². The molecule has 1 unspecified atom stereocenters. The maximum Gasteiger partial charge on any atom is 0.330 e. The van der Waals surface area contributed by atoms with Gasteiger partial charge in [-0.3, -0.25) is 5.41 Å². The van der Waals surface area contributed by atoms with Gasteiger partial charge >= 0.3 is 5.97 Å². The van der Waals surface area contributed by atoms with E-state index in [9.17, 15) is 9.90 Å². The fraction of sp³-hybridized carbons (Fsp3) is 0.333. The number of nitrogens with two attached hydrogens (primary N) is 1. The first-order valence-corrected chi connectivity index (χ1v) is 9.36. The van der Waals surface area contributed by atoms with Crippen molar-refractivity contribution in [1.29, 1.82) is 5.41 Å². The lowest BCUT2D eigenvalue weighted by molar-refractivity contribution is -0.138. The molecule has 5 N–H and O–H groups in total. The van der Waals surface area contributed by atoms with E-state index < -0.39 is 12.0 Å². The number of aliphatic carboxylic acids is 1. The summed E-state index contributed by atoms with van der Waals surface area (Å²) in [5.74, 6) is -0.355. The van der Waals surface area contributed by atoms with Gasteiger partial charge in [-0.05, 0) is 62.7 Å². The molecule has 7 nitrogen and oxygen atoms in total. The van der Waals surface area contributed by atoms with Crippen molar-refractivity contribution in [3.8, 4) is 5.75 Å². The minimum atomic E-state index is -0.992. The molecule has 2 rings (SSSR count). The van der Waals surface area contributed by atoms with Gasteiger partial charge in [-0.15, -0.1) is 0 Å². The Labute approximate surface area is 165 Å². The molecule has 0 heterocycles. The predicted molar refractivity (Wildman–Crippen MR) is 113 cm³/mol. The largest absolute Gasteiger partial charge is 0.492 e. The van der Waals surface area contributed by atoms with Crippen molar-refractivity contribution >= 4 is 23.2 Å². The molecule has 0 aromatic heterocycles. The number of amidine groups is 1. The van der Waals surface area contributed by atoms with E-state index in [4.69, 9.17) is 15.9 Å². The SMILES string of the molecule is CCOc1cc(C(Nc2ccc(C(=N)N)cc2)C(=O)O)ccc1N(CC)CC. The summed E-state index contributed by atoms with van der Waals surface area (Å²) < 4.78 is 5.78. The van der Waals surface area contributed by atoms with E-state index in [1.54, 1.807) is 30.3 Å². The summed E-state index contributed by atoms with van der Waals surface area (Å²) in [4.78, 5) is 14.1. The molecular weight excluding hydrogens is 356 g/mol. The highest BCUT2D eigenvalue weighted by Crippen LogP contribution is 2.33. The summed E-state index contributed by atoms with van der Waals surface area (Å²) in [6.07, 6.45) is 0. The van der Waals surface area contributed by atoms with Crippen LogP contribution in [0.25, 0.3) is 0 Å². The normalized spacial score (nSPS) is 11.5. The van der Waals surface area contributed by atoms with Crippen LogP contribution in [-0.2, 0) is 4.79 Å². The summed E-state index contributed by atoms with van der Waals surface area (Å²) in [5, 5.41) is 20.2. The molecule has 2 aromatic carbocycles. The monoisotopic (exact) mass is 384 g/mol. The molecule has 0 spiro atoms. The van der Waals surface area contributed by atoms with Crippen molar-refractivity contribution in [3.63, 3.8) is 0 Å². The number of nitrogens with zero attached hydrogens (tertiary/aromatic N) is 1. The number of nitrogen functional groups attached to an aromatic ring is 1. The van der Waals surface area contributed by atoms with E-state index in [0.717, 1.165) is 18.8 Å². The zero-order chi connectivity index (χ0) is 20.7. The van der Waals surface area contributed by atoms with E-state index >= 15 is 0 Å². The van der Waals surface area contributed by atoms with Crippen molar-refractivity contribution in [2.45, 2.75) is 26.8 Å². The number of carboxylic acid groups (broad SMARTS) is 1. The van der Waals surface area contributed by atoms with Crippen LogP contribution in [0.4, 0.5) is 11.4 Å². The van der Waals surface area contributed by atoms with Crippen LogP contribution < -0.4 is 20.7 Å². The average Bonchev–Trinajstić information content (AvgIpc) is 2.68. The Morgan fingerprint density at radius 3 is 2.32 bits per heavy atom. The van der Waals surface area contributed by atoms with Gasteiger partial charge in [0.15, 0.2) is 6.04 Å². The number of hydrogen-bond donors (Lipinski definition) is 4. The summed E-state index contributed by atoms with van der Waals surface area (Å²) in [6.45, 7) is 8.20. The second-order valence-corrected chi connectivity index (χ2v) is 6.24. The number of nitrogens with one attached hydrogen (secondary N) is 2. The number of ether oxygens (including phenoxy) is 1. The lowest BCUT2D eigenvalue weighted by Gasteiger charge is -2.25. The van der Waals surface area contributed by atoms with Crippen LogP contribution in [0.15, 0.2) is 42.5 Å². The molecule has 28 heavy (non-hydrogen) atoms. The Bertz CT molecular complexity index is 817. The fourth-order valence-corrected chi connectivity index (χ4v) is 3.01. The molecule has 0 saturated carbocycles. The first kappa shape index (κ1) is 21.1. The van der Waals surface area contributed by atoms with Gasteiger partial charge in [0.1, 0.15) is 11.6 Å². The highest BCUT2D eigenvalue weighted by atomic mass is 16.5. The molecule has 0 amide bonds. The Kier molecular flexibility index (Phi) is 7.26. The standard InChI is InChI=1S/C21H28N4O3/c1-4-25(5-2)17-12-9-15(13-18(17)28-6-3)19(21(26)27)24-16-10-7-14(8-11-16)20(22)23/h7-13,19,24H,4-6H2,1-3H3,(H3,22,23)(H,26,27). The van der Waals surface area contributed by atoms with Gasteiger partial charge in [0.2, 0.25) is 0 Å². The lowest BCUT2D eigenvalue weighted by Crippen LogP contribution is -2.24. The van der Waals surface area contributed by atoms with E-state index in [1.165, 1.54) is 0 Å². The van der Waals surface area contributed by atoms with Crippen LogP contribution in [0.3, 0.4) is 0 Å². The Morgan fingerprint density at radius 2 is 1.82 bits per heavy atom. The number of anilines is 2. The minimum absolute atomic E-state index is 0.0327. The molecule has 2 aromatic rings.